The number of rotatable bonds is 4. The summed E-state index contributed by atoms with van der Waals surface area (Å²) in [4.78, 5) is 14.0. The predicted octanol–water partition coefficient (Wildman–Crippen LogP) is 0.0282. The maximum atomic E-state index is 12.5. The predicted molar refractivity (Wildman–Crippen MR) is 84.2 cm³/mol. The van der Waals surface area contributed by atoms with E-state index in [0.29, 0.717) is 19.4 Å². The van der Waals surface area contributed by atoms with Gasteiger partial charge in [0.05, 0.1) is 23.0 Å². The van der Waals surface area contributed by atoms with Crippen LogP contribution in [0.15, 0.2) is 0 Å². The zero-order chi connectivity index (χ0) is 16.5. The normalized spacial score (nSPS) is 29.6. The van der Waals surface area contributed by atoms with Crippen molar-refractivity contribution in [2.45, 2.75) is 38.8 Å². The maximum Gasteiger partial charge on any atom is 0.317 e. The van der Waals surface area contributed by atoms with Gasteiger partial charge < -0.3 is 10.2 Å². The molecule has 7 nitrogen and oxygen atoms in total. The average molecular weight is 352 g/mol. The van der Waals surface area contributed by atoms with Gasteiger partial charge in [0, 0.05) is 18.6 Å². The Labute approximate surface area is 132 Å². The van der Waals surface area contributed by atoms with E-state index in [-0.39, 0.29) is 47.0 Å². The summed E-state index contributed by atoms with van der Waals surface area (Å²) in [5.74, 6) is 0.381. The van der Waals surface area contributed by atoms with Crippen LogP contribution in [0, 0.1) is 5.92 Å². The minimum absolute atomic E-state index is 0.00386. The lowest BCUT2D eigenvalue weighted by Gasteiger charge is -2.31. The second kappa shape index (κ2) is 6.35. The third-order valence-corrected chi connectivity index (χ3v) is 7.55. The molecule has 0 aliphatic carbocycles. The van der Waals surface area contributed by atoms with Gasteiger partial charge in [-0.1, -0.05) is 13.8 Å². The third-order valence-electron chi connectivity index (χ3n) is 4.03. The molecule has 1 N–H and O–H groups in total. The molecule has 2 rings (SSSR count). The van der Waals surface area contributed by atoms with E-state index < -0.39 is 19.7 Å². The first-order chi connectivity index (χ1) is 10.1. The summed E-state index contributed by atoms with van der Waals surface area (Å²) < 4.78 is 46.2. The Kier molecular flexibility index (Phi) is 5.06. The summed E-state index contributed by atoms with van der Waals surface area (Å²) in [7, 11) is -6.13. The molecule has 0 radical (unpaired) electrons. The molecule has 2 aliphatic heterocycles. The molecule has 0 aromatic rings. The van der Waals surface area contributed by atoms with Crippen LogP contribution in [0.2, 0.25) is 0 Å². The van der Waals surface area contributed by atoms with E-state index in [0.717, 1.165) is 0 Å². The minimum Gasteiger partial charge on any atom is -0.334 e. The van der Waals surface area contributed by atoms with Crippen molar-refractivity contribution in [3.63, 3.8) is 0 Å². The number of carbonyl (C=O) groups is 1. The Morgan fingerprint density at radius 3 is 2.14 bits per heavy atom. The molecule has 22 heavy (non-hydrogen) atoms. The van der Waals surface area contributed by atoms with Crippen LogP contribution >= 0.6 is 0 Å². The van der Waals surface area contributed by atoms with E-state index in [2.05, 4.69) is 5.32 Å². The van der Waals surface area contributed by atoms with Crippen molar-refractivity contribution in [1.82, 2.24) is 10.2 Å². The van der Waals surface area contributed by atoms with E-state index in [1.54, 1.807) is 4.90 Å². The van der Waals surface area contributed by atoms with E-state index in [1.165, 1.54) is 0 Å². The monoisotopic (exact) mass is 352 g/mol. The second-order valence-corrected chi connectivity index (χ2v) is 11.1. The Hall–Kier alpha value is -0.830. The Morgan fingerprint density at radius 2 is 1.68 bits per heavy atom. The summed E-state index contributed by atoms with van der Waals surface area (Å²) in [5.41, 5.74) is 0. The van der Waals surface area contributed by atoms with Gasteiger partial charge in [0.1, 0.15) is 0 Å². The fourth-order valence-electron chi connectivity index (χ4n) is 2.98. The van der Waals surface area contributed by atoms with Crippen molar-refractivity contribution in [2.75, 3.05) is 29.6 Å². The van der Waals surface area contributed by atoms with E-state index >= 15 is 0 Å². The molecule has 0 aromatic carbocycles. The molecule has 2 fully saturated rings. The van der Waals surface area contributed by atoms with Gasteiger partial charge in [-0.2, -0.15) is 0 Å². The Bertz CT molecular complexity index is 627. The highest BCUT2D eigenvalue weighted by atomic mass is 32.2. The van der Waals surface area contributed by atoms with Gasteiger partial charge in [-0.05, 0) is 18.8 Å². The number of nitrogens with one attached hydrogen (secondary N) is 1. The first-order valence-electron chi connectivity index (χ1n) is 7.56. The molecule has 2 saturated heterocycles. The van der Waals surface area contributed by atoms with E-state index in [9.17, 15) is 21.6 Å². The van der Waals surface area contributed by atoms with Crippen molar-refractivity contribution in [1.29, 1.82) is 0 Å². The van der Waals surface area contributed by atoms with Crippen LogP contribution in [0.25, 0.3) is 0 Å². The second-order valence-electron chi connectivity index (χ2n) is 6.65. The quantitative estimate of drug-likeness (QED) is 0.769. The summed E-state index contributed by atoms with van der Waals surface area (Å²) >= 11 is 0. The van der Waals surface area contributed by atoms with Gasteiger partial charge in [0.25, 0.3) is 0 Å². The highest BCUT2D eigenvalue weighted by molar-refractivity contribution is 7.91. The number of hydrogen-bond acceptors (Lipinski definition) is 5. The number of urea groups is 1. The molecular formula is C13H24N2O5S2. The van der Waals surface area contributed by atoms with Crippen LogP contribution in [-0.4, -0.2) is 69.4 Å². The lowest BCUT2D eigenvalue weighted by atomic mass is 10.1. The molecule has 0 spiro atoms. The van der Waals surface area contributed by atoms with Crippen molar-refractivity contribution in [3.05, 3.63) is 0 Å². The van der Waals surface area contributed by atoms with Gasteiger partial charge in [-0.15, -0.1) is 0 Å². The largest absolute Gasteiger partial charge is 0.334 e. The number of amides is 2. The SMILES string of the molecule is CC(C)CN(C(=O)N[C@@H]1CCS(=O)(=O)C1)[C@H]1CCS(=O)(=O)C1. The summed E-state index contributed by atoms with van der Waals surface area (Å²) in [6, 6.07) is -1.03. The molecule has 2 amide bonds. The fraction of sp³-hybridized carbons (Fsp3) is 0.923. The number of carbonyl (C=O) groups excluding carboxylic acids is 1. The van der Waals surface area contributed by atoms with Gasteiger partial charge in [-0.25, -0.2) is 21.6 Å². The summed E-state index contributed by atoms with van der Waals surface area (Å²) in [6.07, 6.45) is 0.873. The third kappa shape index (κ3) is 4.58. The number of sulfone groups is 2. The first kappa shape index (κ1) is 17.5. The molecule has 0 saturated carbocycles. The summed E-state index contributed by atoms with van der Waals surface area (Å²) in [5, 5.41) is 2.76. The topological polar surface area (TPSA) is 101 Å². The van der Waals surface area contributed by atoms with Crippen LogP contribution in [-0.2, 0) is 19.7 Å². The van der Waals surface area contributed by atoms with E-state index in [4.69, 9.17) is 0 Å². The van der Waals surface area contributed by atoms with Crippen molar-refractivity contribution >= 4 is 25.7 Å². The average Bonchev–Trinajstić information content (AvgIpc) is 2.88. The van der Waals surface area contributed by atoms with Crippen molar-refractivity contribution in [2.24, 2.45) is 5.92 Å². The lowest BCUT2D eigenvalue weighted by Crippen LogP contribution is -2.51. The zero-order valence-corrected chi connectivity index (χ0v) is 14.6. The molecule has 0 bridgehead atoms. The van der Waals surface area contributed by atoms with Crippen LogP contribution in [0.4, 0.5) is 4.79 Å². The number of hydrogen-bond donors (Lipinski definition) is 1. The van der Waals surface area contributed by atoms with Gasteiger partial charge in [0.2, 0.25) is 0 Å². The molecule has 2 aliphatic rings. The van der Waals surface area contributed by atoms with Crippen molar-refractivity contribution < 1.29 is 21.6 Å². The maximum absolute atomic E-state index is 12.5. The highest BCUT2D eigenvalue weighted by Crippen LogP contribution is 2.20. The molecule has 128 valence electrons. The Balaban J connectivity index is 2.04. The molecule has 2 heterocycles. The molecular weight excluding hydrogens is 328 g/mol. The Morgan fingerprint density at radius 1 is 1.09 bits per heavy atom. The lowest BCUT2D eigenvalue weighted by molar-refractivity contribution is 0.168. The zero-order valence-electron chi connectivity index (χ0n) is 13.0. The summed E-state index contributed by atoms with van der Waals surface area (Å²) in [6.45, 7) is 4.39. The minimum atomic E-state index is -3.07. The van der Waals surface area contributed by atoms with Crippen LogP contribution in [0.3, 0.4) is 0 Å². The first-order valence-corrected chi connectivity index (χ1v) is 11.2. The van der Waals surface area contributed by atoms with Crippen LogP contribution in [0.1, 0.15) is 26.7 Å². The standard InChI is InChI=1S/C13H24N2O5S2/c1-10(2)7-15(12-4-6-22(19,20)9-12)13(16)14-11-3-5-21(17,18)8-11/h10-12H,3-9H2,1-2H3,(H,14,16)/t11-,12+/m1/s1. The van der Waals surface area contributed by atoms with Gasteiger partial charge in [0.15, 0.2) is 19.7 Å². The molecule has 0 unspecified atom stereocenters. The molecule has 0 aromatic heterocycles. The molecule has 2 atom stereocenters. The smallest absolute Gasteiger partial charge is 0.317 e. The number of nitrogens with zero attached hydrogens (tertiary/aromatic N) is 1. The van der Waals surface area contributed by atoms with Gasteiger partial charge >= 0.3 is 6.03 Å². The van der Waals surface area contributed by atoms with E-state index in [1.807, 2.05) is 13.8 Å². The highest BCUT2D eigenvalue weighted by Gasteiger charge is 2.36. The van der Waals surface area contributed by atoms with Crippen LogP contribution < -0.4 is 5.32 Å². The molecule has 9 heteroatoms. The van der Waals surface area contributed by atoms with Gasteiger partial charge in [-0.3, -0.25) is 0 Å². The van der Waals surface area contributed by atoms with Crippen molar-refractivity contribution in [3.8, 4) is 0 Å². The fourth-order valence-corrected chi connectivity index (χ4v) is 6.38. The van der Waals surface area contributed by atoms with Crippen LogP contribution in [0.5, 0.6) is 0 Å².